The first-order valence-corrected chi connectivity index (χ1v) is 11.8. The van der Waals surface area contributed by atoms with Crippen LogP contribution in [0.3, 0.4) is 0 Å². The van der Waals surface area contributed by atoms with Gasteiger partial charge in [0.05, 0.1) is 13.2 Å². The summed E-state index contributed by atoms with van der Waals surface area (Å²) >= 11 is 0. The molecule has 0 bridgehead atoms. The summed E-state index contributed by atoms with van der Waals surface area (Å²) in [6.07, 6.45) is 12.4. The summed E-state index contributed by atoms with van der Waals surface area (Å²) in [5.74, 6) is 1.66. The molecule has 4 heteroatoms. The number of aliphatic hydroxyl groups excluding tert-OH is 1. The number of benzene rings is 1. The smallest absolute Gasteiger partial charge is 0.160 e. The normalized spacial score (nSPS) is 27.8. The lowest BCUT2D eigenvalue weighted by molar-refractivity contribution is -0.230. The maximum atomic E-state index is 14.0. The molecule has 0 amide bonds. The number of halogens is 1. The third-order valence-corrected chi connectivity index (χ3v) is 6.82. The summed E-state index contributed by atoms with van der Waals surface area (Å²) in [6.45, 7) is 3.97. The van der Waals surface area contributed by atoms with Crippen LogP contribution < -0.4 is 0 Å². The Morgan fingerprint density at radius 2 is 1.72 bits per heavy atom. The van der Waals surface area contributed by atoms with Gasteiger partial charge in [-0.05, 0) is 74.5 Å². The Morgan fingerprint density at radius 3 is 2.38 bits per heavy atom. The van der Waals surface area contributed by atoms with Gasteiger partial charge in [-0.2, -0.15) is 0 Å². The lowest BCUT2D eigenvalue weighted by Gasteiger charge is -2.37. The summed E-state index contributed by atoms with van der Waals surface area (Å²) < 4.78 is 26.2. The van der Waals surface area contributed by atoms with Crippen LogP contribution in [0, 0.1) is 23.6 Å². The largest absolute Gasteiger partial charge is 0.396 e. The Balaban J connectivity index is 1.34. The van der Waals surface area contributed by atoms with E-state index in [-0.39, 0.29) is 18.7 Å². The monoisotopic (exact) mass is 406 g/mol. The minimum absolute atomic E-state index is 0.00606. The van der Waals surface area contributed by atoms with Crippen LogP contribution >= 0.6 is 0 Å². The highest BCUT2D eigenvalue weighted by Gasteiger charge is 2.32. The van der Waals surface area contributed by atoms with Gasteiger partial charge in [0.1, 0.15) is 5.82 Å². The molecule has 0 atom stereocenters. The summed E-state index contributed by atoms with van der Waals surface area (Å²) in [4.78, 5) is 0. The van der Waals surface area contributed by atoms with E-state index in [9.17, 15) is 4.39 Å². The van der Waals surface area contributed by atoms with Crippen LogP contribution in [0.2, 0.25) is 0 Å². The van der Waals surface area contributed by atoms with E-state index in [0.717, 1.165) is 37.5 Å². The first-order chi connectivity index (χ1) is 14.2. The van der Waals surface area contributed by atoms with Crippen molar-refractivity contribution in [3.8, 4) is 0 Å². The van der Waals surface area contributed by atoms with Crippen LogP contribution in [0.15, 0.2) is 18.2 Å². The van der Waals surface area contributed by atoms with Crippen molar-refractivity contribution >= 4 is 0 Å². The number of unbranched alkanes of at least 4 members (excludes halogenated alkanes) is 2. The predicted octanol–water partition coefficient (Wildman–Crippen LogP) is 5.67. The summed E-state index contributed by atoms with van der Waals surface area (Å²) in [6, 6.07) is 5.49. The zero-order valence-electron chi connectivity index (χ0n) is 18.1. The van der Waals surface area contributed by atoms with Crippen molar-refractivity contribution < 1.29 is 19.0 Å². The quantitative estimate of drug-likeness (QED) is 0.509. The van der Waals surface area contributed by atoms with Crippen molar-refractivity contribution in [3.63, 3.8) is 0 Å². The van der Waals surface area contributed by atoms with Gasteiger partial charge in [-0.1, -0.05) is 38.3 Å². The number of hydrogen-bond acceptors (Lipinski definition) is 3. The number of hydrogen-bond donors (Lipinski definition) is 1. The summed E-state index contributed by atoms with van der Waals surface area (Å²) in [5, 5.41) is 8.97. The molecule has 0 spiro atoms. The molecule has 1 N–H and O–H groups in total. The van der Waals surface area contributed by atoms with Gasteiger partial charge >= 0.3 is 0 Å². The summed E-state index contributed by atoms with van der Waals surface area (Å²) in [7, 11) is 0. The van der Waals surface area contributed by atoms with Crippen molar-refractivity contribution in [2.75, 3.05) is 19.8 Å². The minimum atomic E-state index is -0.181. The lowest BCUT2D eigenvalue weighted by Crippen LogP contribution is -2.38. The molecule has 2 aliphatic rings. The summed E-state index contributed by atoms with van der Waals surface area (Å²) in [5.41, 5.74) is 1.68. The van der Waals surface area contributed by atoms with Crippen molar-refractivity contribution in [1.82, 2.24) is 0 Å². The molecule has 1 saturated carbocycles. The Labute approximate surface area is 176 Å². The van der Waals surface area contributed by atoms with E-state index >= 15 is 0 Å². The molecule has 0 radical (unpaired) electrons. The van der Waals surface area contributed by atoms with Crippen LogP contribution in [-0.2, 0) is 22.3 Å². The zero-order chi connectivity index (χ0) is 20.5. The molecule has 1 saturated heterocycles. The molecule has 1 aliphatic carbocycles. The second kappa shape index (κ2) is 12.0. The molecule has 3 rings (SSSR count). The van der Waals surface area contributed by atoms with Gasteiger partial charge < -0.3 is 14.6 Å². The van der Waals surface area contributed by atoms with Gasteiger partial charge in [-0.25, -0.2) is 4.39 Å². The van der Waals surface area contributed by atoms with Crippen LogP contribution in [0.5, 0.6) is 0 Å². The maximum Gasteiger partial charge on any atom is 0.160 e. The third-order valence-electron chi connectivity index (χ3n) is 6.82. The van der Waals surface area contributed by atoms with Crippen LogP contribution in [0.25, 0.3) is 0 Å². The fourth-order valence-corrected chi connectivity index (χ4v) is 4.87. The second-order valence-electron chi connectivity index (χ2n) is 9.12. The Kier molecular flexibility index (Phi) is 9.41. The molecule has 3 nitrogen and oxygen atoms in total. The first kappa shape index (κ1) is 22.7. The van der Waals surface area contributed by atoms with E-state index in [1.165, 1.54) is 51.4 Å². The van der Waals surface area contributed by atoms with Crippen molar-refractivity contribution in [1.29, 1.82) is 0 Å². The van der Waals surface area contributed by atoms with E-state index in [0.29, 0.717) is 23.8 Å². The number of aryl methyl sites for hydroxylation is 1. The van der Waals surface area contributed by atoms with Gasteiger partial charge in [0, 0.05) is 18.4 Å². The fourth-order valence-electron chi connectivity index (χ4n) is 4.87. The molecule has 1 heterocycles. The number of aliphatic hydroxyl groups is 1. The maximum absolute atomic E-state index is 14.0. The molecular formula is C25H39FO3. The van der Waals surface area contributed by atoms with E-state index in [1.807, 2.05) is 12.1 Å². The fraction of sp³-hybridized carbons (Fsp3) is 0.760. The minimum Gasteiger partial charge on any atom is -0.396 e. The molecule has 1 aliphatic heterocycles. The average molecular weight is 407 g/mol. The molecule has 1 aromatic rings. The van der Waals surface area contributed by atoms with Gasteiger partial charge in [-0.15, -0.1) is 0 Å². The van der Waals surface area contributed by atoms with Gasteiger partial charge in [0.25, 0.3) is 0 Å². The molecule has 1 aromatic carbocycles. The van der Waals surface area contributed by atoms with Gasteiger partial charge in [0.2, 0.25) is 0 Å². The van der Waals surface area contributed by atoms with Crippen molar-refractivity contribution in [2.24, 2.45) is 17.8 Å². The zero-order valence-corrected chi connectivity index (χ0v) is 18.1. The molecule has 164 valence electrons. The topological polar surface area (TPSA) is 38.7 Å². The standard InChI is InChI=1S/C25H39FO3/c1-2-3-4-5-21-17-28-25(29-18-21)23-12-8-19(9-13-23)6-7-20-10-11-22(14-15-27)24(26)16-20/h10-11,16,19,21,23,25,27H,2-9,12-15,17-18H2,1H3. The van der Waals surface area contributed by atoms with Gasteiger partial charge in [0.15, 0.2) is 6.29 Å². The van der Waals surface area contributed by atoms with Crippen LogP contribution in [0.4, 0.5) is 4.39 Å². The Morgan fingerprint density at radius 1 is 0.966 bits per heavy atom. The molecule has 29 heavy (non-hydrogen) atoms. The molecule has 0 unspecified atom stereocenters. The highest BCUT2D eigenvalue weighted by Crippen LogP contribution is 2.36. The van der Waals surface area contributed by atoms with Crippen molar-refractivity contribution in [3.05, 3.63) is 35.1 Å². The molecule has 2 fully saturated rings. The van der Waals surface area contributed by atoms with Crippen molar-refractivity contribution in [2.45, 2.75) is 83.8 Å². The Bertz CT molecular complexity index is 590. The SMILES string of the molecule is CCCCCC1COC(C2CCC(CCc3ccc(CCO)c(F)c3)CC2)OC1. The lowest BCUT2D eigenvalue weighted by atomic mass is 9.79. The average Bonchev–Trinajstić information content (AvgIpc) is 2.75. The molecular weight excluding hydrogens is 367 g/mol. The number of ether oxygens (including phenoxy) is 2. The van der Waals surface area contributed by atoms with Gasteiger partial charge in [-0.3, -0.25) is 0 Å². The number of rotatable bonds is 10. The second-order valence-corrected chi connectivity index (χ2v) is 9.12. The Hall–Kier alpha value is -0.970. The predicted molar refractivity (Wildman–Crippen MR) is 114 cm³/mol. The highest BCUT2D eigenvalue weighted by atomic mass is 19.1. The molecule has 0 aromatic heterocycles. The van der Waals surface area contributed by atoms with E-state index in [4.69, 9.17) is 14.6 Å². The van der Waals surface area contributed by atoms with Crippen LogP contribution in [0.1, 0.15) is 75.8 Å². The highest BCUT2D eigenvalue weighted by molar-refractivity contribution is 5.24. The van der Waals surface area contributed by atoms with E-state index in [1.54, 1.807) is 6.07 Å². The third kappa shape index (κ3) is 7.04. The van der Waals surface area contributed by atoms with Crippen LogP contribution in [-0.4, -0.2) is 31.2 Å². The van der Waals surface area contributed by atoms with E-state index in [2.05, 4.69) is 6.92 Å². The first-order valence-electron chi connectivity index (χ1n) is 11.8. The van der Waals surface area contributed by atoms with E-state index < -0.39 is 0 Å².